The highest BCUT2D eigenvalue weighted by Gasteiger charge is 2.10. The van der Waals surface area contributed by atoms with Crippen LogP contribution in [0.3, 0.4) is 0 Å². The molecule has 0 aliphatic carbocycles. The van der Waals surface area contributed by atoms with E-state index in [9.17, 15) is 4.79 Å². The lowest BCUT2D eigenvalue weighted by Gasteiger charge is -2.11. The molecule has 3 nitrogen and oxygen atoms in total. The zero-order valence-corrected chi connectivity index (χ0v) is 10.1. The Morgan fingerprint density at radius 2 is 2.07 bits per heavy atom. The molecular formula is C12H23NO2. The van der Waals surface area contributed by atoms with Gasteiger partial charge in [0.2, 0.25) is 0 Å². The van der Waals surface area contributed by atoms with Crippen LogP contribution < -0.4 is 0 Å². The third-order valence-corrected chi connectivity index (χ3v) is 2.31. The van der Waals surface area contributed by atoms with Crippen molar-refractivity contribution >= 4 is 11.7 Å². The molecule has 1 atom stereocenters. The molecule has 0 aliphatic rings. The van der Waals surface area contributed by atoms with Gasteiger partial charge in [-0.2, -0.15) is 0 Å². The molecule has 0 aromatic carbocycles. The molecule has 0 aliphatic heterocycles. The maximum Gasteiger partial charge on any atom is 0.311 e. The average molecular weight is 213 g/mol. The molecule has 15 heavy (non-hydrogen) atoms. The van der Waals surface area contributed by atoms with Crippen molar-refractivity contribution in [3.8, 4) is 0 Å². The Balaban J connectivity index is 3.68. The normalized spacial score (nSPS) is 12.2. The van der Waals surface area contributed by atoms with Crippen molar-refractivity contribution < 1.29 is 9.53 Å². The molecule has 0 saturated carbocycles. The fraction of sp³-hybridized carbons (Fsp3) is 0.833. The van der Waals surface area contributed by atoms with Crippen LogP contribution in [-0.2, 0) is 9.53 Å². The zero-order valence-electron chi connectivity index (χ0n) is 10.1. The second kappa shape index (κ2) is 8.45. The van der Waals surface area contributed by atoms with Crippen molar-refractivity contribution in [3.63, 3.8) is 0 Å². The number of ether oxygens (including phenoxy) is 1. The van der Waals surface area contributed by atoms with Gasteiger partial charge in [0.15, 0.2) is 0 Å². The minimum Gasteiger partial charge on any atom is -0.466 e. The Morgan fingerprint density at radius 3 is 2.60 bits per heavy atom. The number of hydrogen-bond acceptors (Lipinski definition) is 3. The van der Waals surface area contributed by atoms with Crippen molar-refractivity contribution in [2.45, 2.75) is 52.9 Å². The van der Waals surface area contributed by atoms with Crippen LogP contribution in [-0.4, -0.2) is 18.3 Å². The highest BCUT2D eigenvalue weighted by molar-refractivity contribution is 5.97. The first-order chi connectivity index (χ1) is 7.10. The van der Waals surface area contributed by atoms with Gasteiger partial charge in [0, 0.05) is 5.71 Å². The minimum absolute atomic E-state index is 0.157. The van der Waals surface area contributed by atoms with Gasteiger partial charge in [-0.1, -0.05) is 33.1 Å². The van der Waals surface area contributed by atoms with E-state index in [1.807, 2.05) is 0 Å². The number of carbonyl (C=O) groups is 1. The molecule has 0 saturated heterocycles. The van der Waals surface area contributed by atoms with E-state index >= 15 is 0 Å². The van der Waals surface area contributed by atoms with Crippen molar-refractivity contribution in [1.29, 1.82) is 5.41 Å². The molecule has 0 radical (unpaired) electrons. The predicted octanol–water partition coefficient (Wildman–Crippen LogP) is 3.18. The van der Waals surface area contributed by atoms with Gasteiger partial charge in [-0.05, 0) is 19.3 Å². The quantitative estimate of drug-likeness (QED) is 0.497. The van der Waals surface area contributed by atoms with Gasteiger partial charge in [0.1, 0.15) is 0 Å². The van der Waals surface area contributed by atoms with E-state index in [-0.39, 0.29) is 12.4 Å². The van der Waals surface area contributed by atoms with Gasteiger partial charge in [0.25, 0.3) is 0 Å². The Morgan fingerprint density at radius 1 is 1.40 bits per heavy atom. The second-order valence-electron chi connectivity index (χ2n) is 4.04. The molecule has 0 fully saturated rings. The highest BCUT2D eigenvalue weighted by Crippen LogP contribution is 2.13. The highest BCUT2D eigenvalue weighted by atomic mass is 16.5. The fourth-order valence-electron chi connectivity index (χ4n) is 1.53. The molecule has 0 amide bonds. The number of esters is 1. The summed E-state index contributed by atoms with van der Waals surface area (Å²) in [5.74, 6) is 0.233. The third kappa shape index (κ3) is 8.16. The van der Waals surface area contributed by atoms with E-state index in [1.54, 1.807) is 6.92 Å². The summed E-state index contributed by atoms with van der Waals surface area (Å²) in [6.07, 6.45) is 4.41. The number of rotatable bonds is 8. The molecule has 1 unspecified atom stereocenters. The van der Waals surface area contributed by atoms with E-state index in [4.69, 9.17) is 10.1 Å². The first-order valence-electron chi connectivity index (χ1n) is 5.82. The molecule has 0 aromatic rings. The van der Waals surface area contributed by atoms with Gasteiger partial charge < -0.3 is 10.1 Å². The number of nitrogens with one attached hydrogen (secondary N) is 1. The van der Waals surface area contributed by atoms with Crippen molar-refractivity contribution in [3.05, 3.63) is 0 Å². The topological polar surface area (TPSA) is 50.2 Å². The van der Waals surface area contributed by atoms with Crippen LogP contribution in [0.1, 0.15) is 52.9 Å². The number of hydrogen-bond donors (Lipinski definition) is 1. The molecule has 0 bridgehead atoms. The van der Waals surface area contributed by atoms with Gasteiger partial charge >= 0.3 is 5.97 Å². The van der Waals surface area contributed by atoms with Crippen LogP contribution >= 0.6 is 0 Å². The molecular weight excluding hydrogens is 190 g/mol. The zero-order chi connectivity index (χ0) is 11.7. The van der Waals surface area contributed by atoms with Crippen molar-refractivity contribution in [2.24, 2.45) is 5.92 Å². The van der Waals surface area contributed by atoms with Gasteiger partial charge in [-0.15, -0.1) is 0 Å². The number of carbonyl (C=O) groups excluding carboxylic acids is 1. The largest absolute Gasteiger partial charge is 0.466 e. The van der Waals surface area contributed by atoms with Crippen LogP contribution in [0.2, 0.25) is 0 Å². The summed E-state index contributed by atoms with van der Waals surface area (Å²) < 4.78 is 4.80. The molecule has 0 heterocycles. The molecule has 0 aromatic heterocycles. The Bertz CT molecular complexity index is 202. The summed E-state index contributed by atoms with van der Waals surface area (Å²) in [7, 11) is 0. The first-order valence-corrected chi connectivity index (χ1v) is 5.82. The van der Waals surface area contributed by atoms with E-state index in [0.717, 1.165) is 12.8 Å². The van der Waals surface area contributed by atoms with Crippen LogP contribution in [0.25, 0.3) is 0 Å². The smallest absolute Gasteiger partial charge is 0.311 e. The Hall–Kier alpha value is -0.860. The van der Waals surface area contributed by atoms with Crippen LogP contribution in [0.5, 0.6) is 0 Å². The van der Waals surface area contributed by atoms with Crippen LogP contribution in [0.15, 0.2) is 0 Å². The van der Waals surface area contributed by atoms with Crippen LogP contribution in [0.4, 0.5) is 0 Å². The fourth-order valence-corrected chi connectivity index (χ4v) is 1.53. The lowest BCUT2D eigenvalue weighted by Crippen LogP contribution is -2.13. The predicted molar refractivity (Wildman–Crippen MR) is 62.3 cm³/mol. The summed E-state index contributed by atoms with van der Waals surface area (Å²) in [6.45, 7) is 6.48. The molecule has 88 valence electrons. The lowest BCUT2D eigenvalue weighted by molar-refractivity contribution is -0.141. The minimum atomic E-state index is -0.273. The standard InChI is InChI=1S/C12H23NO2/c1-4-6-7-10(3)8-11(13)9-12(14)15-5-2/h10,13H,4-9H2,1-3H3. The van der Waals surface area contributed by atoms with Gasteiger partial charge in [0.05, 0.1) is 13.0 Å². The third-order valence-electron chi connectivity index (χ3n) is 2.31. The van der Waals surface area contributed by atoms with E-state index in [2.05, 4.69) is 13.8 Å². The van der Waals surface area contributed by atoms with Gasteiger partial charge in [-0.3, -0.25) is 4.79 Å². The van der Waals surface area contributed by atoms with Crippen LogP contribution in [0, 0.1) is 11.3 Å². The maximum absolute atomic E-state index is 11.1. The summed E-state index contributed by atoms with van der Waals surface area (Å²) in [5.41, 5.74) is 0.497. The Labute approximate surface area is 92.7 Å². The Kier molecular flexibility index (Phi) is 7.96. The molecule has 1 N–H and O–H groups in total. The summed E-state index contributed by atoms with van der Waals surface area (Å²) in [5, 5.41) is 7.66. The summed E-state index contributed by atoms with van der Waals surface area (Å²) in [4.78, 5) is 11.1. The molecule has 3 heteroatoms. The second-order valence-corrected chi connectivity index (χ2v) is 4.04. The lowest BCUT2D eigenvalue weighted by atomic mass is 9.97. The van der Waals surface area contributed by atoms with Crippen molar-refractivity contribution in [2.75, 3.05) is 6.61 Å². The molecule has 0 rings (SSSR count). The van der Waals surface area contributed by atoms with E-state index < -0.39 is 0 Å². The van der Waals surface area contributed by atoms with E-state index in [0.29, 0.717) is 18.2 Å². The molecule has 0 spiro atoms. The number of unbranched alkanes of at least 4 members (excludes halogenated alkanes) is 1. The average Bonchev–Trinajstić information content (AvgIpc) is 2.14. The maximum atomic E-state index is 11.1. The SMILES string of the molecule is CCCCC(C)CC(=N)CC(=O)OCC. The first kappa shape index (κ1) is 14.1. The summed E-state index contributed by atoms with van der Waals surface area (Å²) in [6, 6.07) is 0. The van der Waals surface area contributed by atoms with Crippen molar-refractivity contribution in [1.82, 2.24) is 0 Å². The van der Waals surface area contributed by atoms with Gasteiger partial charge in [-0.25, -0.2) is 0 Å². The van der Waals surface area contributed by atoms with E-state index in [1.165, 1.54) is 12.8 Å². The monoisotopic (exact) mass is 213 g/mol. The summed E-state index contributed by atoms with van der Waals surface area (Å²) >= 11 is 0.